The van der Waals surface area contributed by atoms with E-state index in [1.54, 1.807) is 4.90 Å². The zero-order valence-electron chi connectivity index (χ0n) is 13.8. The van der Waals surface area contributed by atoms with Gasteiger partial charge < -0.3 is 14.5 Å². The van der Waals surface area contributed by atoms with Crippen molar-refractivity contribution in [2.24, 2.45) is 5.92 Å². The number of morpholine rings is 1. The molecule has 0 unspecified atom stereocenters. The number of ether oxygens (including phenoxy) is 1. The molecule has 128 valence electrons. The fourth-order valence-electron chi connectivity index (χ4n) is 4.51. The number of nitrogens with zero attached hydrogens (tertiary/aromatic N) is 3. The Morgan fingerprint density at radius 2 is 2.00 bits per heavy atom. The summed E-state index contributed by atoms with van der Waals surface area (Å²) in [7, 11) is 0. The first-order chi connectivity index (χ1) is 11.2. The lowest BCUT2D eigenvalue weighted by atomic mass is 9.83. The van der Waals surface area contributed by atoms with Crippen molar-refractivity contribution in [1.82, 2.24) is 14.7 Å². The van der Waals surface area contributed by atoms with Crippen LogP contribution in [0.15, 0.2) is 0 Å². The Bertz CT molecular complexity index is 480. The number of fused-ring (bicyclic) bond motifs is 1. The first-order valence-corrected chi connectivity index (χ1v) is 9.11. The van der Waals surface area contributed by atoms with Crippen LogP contribution in [0.3, 0.4) is 0 Å². The van der Waals surface area contributed by atoms with E-state index < -0.39 is 0 Å². The molecule has 0 aromatic rings. The van der Waals surface area contributed by atoms with Crippen molar-refractivity contribution < 1.29 is 14.3 Å². The minimum atomic E-state index is -0.0583. The maximum absolute atomic E-state index is 12.6. The highest BCUT2D eigenvalue weighted by Gasteiger charge is 2.42. The molecular formula is C17H27N3O3. The van der Waals surface area contributed by atoms with E-state index in [1.165, 1.54) is 32.2 Å². The van der Waals surface area contributed by atoms with Gasteiger partial charge in [-0.1, -0.05) is 0 Å². The van der Waals surface area contributed by atoms with Crippen molar-refractivity contribution in [3.63, 3.8) is 0 Å². The van der Waals surface area contributed by atoms with Crippen LogP contribution in [0, 0.1) is 5.92 Å². The highest BCUT2D eigenvalue weighted by atomic mass is 16.5. The lowest BCUT2D eigenvalue weighted by Crippen LogP contribution is -2.57. The van der Waals surface area contributed by atoms with Crippen LogP contribution >= 0.6 is 0 Å². The molecule has 3 saturated heterocycles. The molecule has 1 saturated carbocycles. The van der Waals surface area contributed by atoms with E-state index in [0.29, 0.717) is 25.1 Å². The van der Waals surface area contributed by atoms with Gasteiger partial charge in [0.1, 0.15) is 6.61 Å². The van der Waals surface area contributed by atoms with Gasteiger partial charge >= 0.3 is 0 Å². The van der Waals surface area contributed by atoms with Crippen molar-refractivity contribution >= 4 is 11.8 Å². The van der Waals surface area contributed by atoms with Crippen molar-refractivity contribution in [3.8, 4) is 0 Å². The molecule has 4 aliphatic rings. The predicted molar refractivity (Wildman–Crippen MR) is 84.8 cm³/mol. The lowest BCUT2D eigenvalue weighted by Gasteiger charge is -2.47. The average molecular weight is 321 g/mol. The Balaban J connectivity index is 1.34. The van der Waals surface area contributed by atoms with Gasteiger partial charge in [0.05, 0.1) is 13.2 Å². The summed E-state index contributed by atoms with van der Waals surface area (Å²) in [4.78, 5) is 30.8. The molecule has 23 heavy (non-hydrogen) atoms. The molecule has 3 aliphatic heterocycles. The monoisotopic (exact) mass is 321 g/mol. The minimum Gasteiger partial charge on any atom is -0.370 e. The van der Waals surface area contributed by atoms with Gasteiger partial charge in [-0.05, 0) is 44.6 Å². The van der Waals surface area contributed by atoms with E-state index in [9.17, 15) is 9.59 Å². The van der Waals surface area contributed by atoms with E-state index >= 15 is 0 Å². The molecular weight excluding hydrogens is 294 g/mol. The largest absolute Gasteiger partial charge is 0.370 e. The lowest BCUT2D eigenvalue weighted by molar-refractivity contribution is -0.149. The molecule has 1 aliphatic carbocycles. The molecule has 4 fully saturated rings. The summed E-state index contributed by atoms with van der Waals surface area (Å²) < 4.78 is 5.13. The third-order valence-corrected chi connectivity index (χ3v) is 5.89. The zero-order chi connectivity index (χ0) is 15.8. The topological polar surface area (TPSA) is 53.1 Å². The number of carbonyl (C=O) groups is 2. The summed E-state index contributed by atoms with van der Waals surface area (Å²) in [6.07, 6.45) is 6.34. The summed E-state index contributed by atoms with van der Waals surface area (Å²) in [6.45, 7) is 4.41. The Morgan fingerprint density at radius 3 is 2.78 bits per heavy atom. The van der Waals surface area contributed by atoms with Crippen LogP contribution in [0.2, 0.25) is 0 Å². The molecule has 2 atom stereocenters. The molecule has 6 heteroatoms. The van der Waals surface area contributed by atoms with Gasteiger partial charge in [-0.2, -0.15) is 0 Å². The van der Waals surface area contributed by atoms with Crippen LogP contribution in [0.4, 0.5) is 0 Å². The number of likely N-dealkylation sites (tertiary alicyclic amines) is 2. The van der Waals surface area contributed by atoms with Gasteiger partial charge in [0.2, 0.25) is 11.8 Å². The molecule has 0 bridgehead atoms. The van der Waals surface area contributed by atoms with E-state index in [2.05, 4.69) is 4.90 Å². The van der Waals surface area contributed by atoms with Crippen molar-refractivity contribution in [3.05, 3.63) is 0 Å². The maximum atomic E-state index is 12.6. The summed E-state index contributed by atoms with van der Waals surface area (Å²) in [5, 5.41) is 0. The zero-order valence-corrected chi connectivity index (χ0v) is 13.8. The fourth-order valence-corrected chi connectivity index (χ4v) is 4.51. The molecule has 4 rings (SSSR count). The van der Waals surface area contributed by atoms with Gasteiger partial charge in [0.25, 0.3) is 0 Å². The maximum Gasteiger partial charge on any atom is 0.249 e. The number of amides is 2. The molecule has 0 N–H and O–H groups in total. The second-order valence-corrected chi connectivity index (χ2v) is 7.43. The Morgan fingerprint density at radius 1 is 1.13 bits per heavy atom. The molecule has 0 aromatic heterocycles. The normalized spacial score (nSPS) is 32.8. The SMILES string of the molecule is O=C1COCCN1CC(=O)N1CC[C@H]2[C@@H](CCCN2C2CC2)C1. The fraction of sp³-hybridized carbons (Fsp3) is 0.882. The summed E-state index contributed by atoms with van der Waals surface area (Å²) in [5.74, 6) is 0.682. The van der Waals surface area contributed by atoms with Crippen molar-refractivity contribution in [1.29, 1.82) is 0 Å². The number of hydrogen-bond acceptors (Lipinski definition) is 4. The second-order valence-electron chi connectivity index (χ2n) is 7.43. The van der Waals surface area contributed by atoms with Crippen LogP contribution in [0.5, 0.6) is 0 Å². The molecule has 0 spiro atoms. The predicted octanol–water partition coefficient (Wildman–Crippen LogP) is 0.321. The van der Waals surface area contributed by atoms with Gasteiger partial charge in [-0.3, -0.25) is 14.5 Å². The van der Waals surface area contributed by atoms with Crippen LogP contribution in [0.1, 0.15) is 32.1 Å². The summed E-state index contributed by atoms with van der Waals surface area (Å²) in [5.41, 5.74) is 0. The Hall–Kier alpha value is -1.14. The molecule has 0 radical (unpaired) electrons. The third-order valence-electron chi connectivity index (χ3n) is 5.89. The average Bonchev–Trinajstić information content (AvgIpc) is 3.40. The number of carbonyl (C=O) groups excluding carboxylic acids is 2. The van der Waals surface area contributed by atoms with Gasteiger partial charge in [-0.15, -0.1) is 0 Å². The molecule has 0 aromatic carbocycles. The molecule has 3 heterocycles. The second kappa shape index (κ2) is 6.40. The third kappa shape index (κ3) is 3.24. The van der Waals surface area contributed by atoms with Gasteiger partial charge in [0.15, 0.2) is 0 Å². The standard InChI is InChI=1S/C17H27N3O3/c21-16(11-19-8-9-23-12-17(19)22)18-7-5-15-13(10-18)2-1-6-20(15)14-3-4-14/h13-15H,1-12H2/t13-,15-/m0/s1. The van der Waals surface area contributed by atoms with E-state index in [-0.39, 0.29) is 25.0 Å². The number of rotatable bonds is 3. The van der Waals surface area contributed by atoms with Crippen LogP contribution in [-0.4, -0.2) is 84.5 Å². The number of hydrogen-bond donors (Lipinski definition) is 0. The van der Waals surface area contributed by atoms with Crippen molar-refractivity contribution in [2.75, 3.05) is 45.9 Å². The van der Waals surface area contributed by atoms with Gasteiger partial charge in [0, 0.05) is 31.7 Å². The van der Waals surface area contributed by atoms with Crippen LogP contribution in [0.25, 0.3) is 0 Å². The smallest absolute Gasteiger partial charge is 0.249 e. The van der Waals surface area contributed by atoms with E-state index in [0.717, 1.165) is 25.6 Å². The van der Waals surface area contributed by atoms with E-state index in [1.807, 2.05) is 4.90 Å². The Labute approximate surface area is 137 Å². The first-order valence-electron chi connectivity index (χ1n) is 9.11. The first kappa shape index (κ1) is 15.4. The quantitative estimate of drug-likeness (QED) is 0.751. The van der Waals surface area contributed by atoms with Crippen molar-refractivity contribution in [2.45, 2.75) is 44.2 Å². The van der Waals surface area contributed by atoms with Crippen LogP contribution < -0.4 is 0 Å². The Kier molecular flexibility index (Phi) is 4.28. The molecule has 6 nitrogen and oxygen atoms in total. The highest BCUT2D eigenvalue weighted by molar-refractivity contribution is 5.85. The highest BCUT2D eigenvalue weighted by Crippen LogP contribution is 2.38. The summed E-state index contributed by atoms with van der Waals surface area (Å²) >= 11 is 0. The molecule has 2 amide bonds. The van der Waals surface area contributed by atoms with Crippen LogP contribution in [-0.2, 0) is 14.3 Å². The van der Waals surface area contributed by atoms with Gasteiger partial charge in [-0.25, -0.2) is 0 Å². The minimum absolute atomic E-state index is 0.0583. The summed E-state index contributed by atoms with van der Waals surface area (Å²) in [6, 6.07) is 1.52. The van der Waals surface area contributed by atoms with E-state index in [4.69, 9.17) is 4.74 Å². The number of piperidine rings is 2.